The summed E-state index contributed by atoms with van der Waals surface area (Å²) < 4.78 is 11.5. The molecule has 0 saturated heterocycles. The minimum atomic E-state index is -1.31. The van der Waals surface area contributed by atoms with Crippen LogP contribution in [-0.2, 0) is 31.9 Å². The summed E-state index contributed by atoms with van der Waals surface area (Å²) in [7, 11) is -1.31. The fraction of sp³-hybridized carbons (Fsp3) is 0.576. The molecule has 2 aromatic rings. The van der Waals surface area contributed by atoms with E-state index in [0.29, 0.717) is 19.4 Å². The van der Waals surface area contributed by atoms with Crippen molar-refractivity contribution < 1.29 is 19.1 Å². The summed E-state index contributed by atoms with van der Waals surface area (Å²) >= 11 is 0. The molecule has 2 aromatic carbocycles. The van der Waals surface area contributed by atoms with Crippen molar-refractivity contribution >= 4 is 20.0 Å². The van der Waals surface area contributed by atoms with E-state index in [1.54, 1.807) is 0 Å². The van der Waals surface area contributed by atoms with Crippen molar-refractivity contribution in [3.8, 4) is 0 Å². The van der Waals surface area contributed by atoms with E-state index in [1.807, 2.05) is 26.8 Å². The van der Waals surface area contributed by atoms with Gasteiger partial charge in [0.15, 0.2) is 0 Å². The highest BCUT2D eigenvalue weighted by molar-refractivity contribution is 6.76. The highest BCUT2D eigenvalue weighted by Crippen LogP contribution is 2.27. The number of rotatable bonds is 15. The lowest BCUT2D eigenvalue weighted by atomic mass is 9.86. The van der Waals surface area contributed by atoms with Crippen molar-refractivity contribution in [3.05, 3.63) is 71.3 Å². The van der Waals surface area contributed by atoms with E-state index >= 15 is 0 Å². The molecular formula is C33H50O4Si. The Morgan fingerprint density at radius 3 is 1.97 bits per heavy atom. The van der Waals surface area contributed by atoms with E-state index in [1.165, 1.54) is 16.7 Å². The average Bonchev–Trinajstić information content (AvgIpc) is 2.83. The predicted molar refractivity (Wildman–Crippen MR) is 160 cm³/mol. The molecule has 0 aliphatic rings. The summed E-state index contributed by atoms with van der Waals surface area (Å²) in [4.78, 5) is 26.3. The third-order valence-electron chi connectivity index (χ3n) is 6.70. The quantitative estimate of drug-likeness (QED) is 0.169. The molecule has 0 bridgehead atoms. The molecule has 0 unspecified atom stereocenters. The number of hydrogen-bond donors (Lipinski definition) is 0. The van der Waals surface area contributed by atoms with Crippen LogP contribution in [0.1, 0.15) is 76.5 Å². The normalized spacial score (nSPS) is 13.6. The fourth-order valence-corrected chi connectivity index (χ4v) is 5.13. The van der Waals surface area contributed by atoms with Crippen LogP contribution >= 0.6 is 0 Å². The molecule has 0 heterocycles. The summed E-state index contributed by atoms with van der Waals surface area (Å²) in [5.74, 6) is -0.989. The van der Waals surface area contributed by atoms with Crippen molar-refractivity contribution in [1.82, 2.24) is 0 Å². The molecule has 0 spiro atoms. The van der Waals surface area contributed by atoms with Crippen molar-refractivity contribution in [2.24, 2.45) is 11.8 Å². The summed E-state index contributed by atoms with van der Waals surface area (Å²) in [6.45, 7) is 15.1. The molecule has 2 atom stereocenters. The molecule has 0 saturated carbocycles. The van der Waals surface area contributed by atoms with Gasteiger partial charge in [-0.3, -0.25) is 9.59 Å². The van der Waals surface area contributed by atoms with Crippen LogP contribution in [0, 0.1) is 11.8 Å². The zero-order valence-corrected chi connectivity index (χ0v) is 25.8. The van der Waals surface area contributed by atoms with E-state index in [9.17, 15) is 9.59 Å². The van der Waals surface area contributed by atoms with Gasteiger partial charge in [-0.1, -0.05) is 94.0 Å². The lowest BCUT2D eigenvalue weighted by Crippen LogP contribution is -2.32. The number of carbonyl (C=O) groups excluding carboxylic acids is 2. The Bertz CT molecular complexity index is 971. The van der Waals surface area contributed by atoms with Crippen LogP contribution in [0.4, 0.5) is 0 Å². The first-order chi connectivity index (χ1) is 17.9. The van der Waals surface area contributed by atoms with Gasteiger partial charge in [0.1, 0.15) is 5.60 Å². The maximum atomic E-state index is 13.3. The highest BCUT2D eigenvalue weighted by atomic mass is 28.3. The topological polar surface area (TPSA) is 52.6 Å². The highest BCUT2D eigenvalue weighted by Gasteiger charge is 2.31. The molecular weight excluding hydrogens is 488 g/mol. The van der Waals surface area contributed by atoms with Crippen LogP contribution in [0.5, 0.6) is 0 Å². The summed E-state index contributed by atoms with van der Waals surface area (Å²) in [5, 5.41) is 0. The molecule has 0 radical (unpaired) electrons. The second-order valence-electron chi connectivity index (χ2n) is 12.8. The first kappa shape index (κ1) is 31.8. The lowest BCUT2D eigenvalue weighted by molar-refractivity contribution is -0.162. The molecule has 0 aliphatic heterocycles. The van der Waals surface area contributed by atoms with Crippen LogP contribution < -0.4 is 0 Å². The number of esters is 2. The first-order valence-corrected chi connectivity index (χ1v) is 18.1. The van der Waals surface area contributed by atoms with E-state index < -0.39 is 13.7 Å². The van der Waals surface area contributed by atoms with Gasteiger partial charge in [-0.05, 0) is 75.6 Å². The minimum Gasteiger partial charge on any atom is -0.466 e. The Balaban J connectivity index is 2.10. The summed E-state index contributed by atoms with van der Waals surface area (Å²) in [5.41, 5.74) is 3.22. The lowest BCUT2D eigenvalue weighted by Gasteiger charge is -2.26. The van der Waals surface area contributed by atoms with E-state index in [0.717, 1.165) is 38.1 Å². The van der Waals surface area contributed by atoms with Crippen molar-refractivity contribution in [2.45, 2.75) is 104 Å². The van der Waals surface area contributed by atoms with Crippen molar-refractivity contribution in [3.63, 3.8) is 0 Å². The Labute approximate surface area is 232 Å². The van der Waals surface area contributed by atoms with E-state index in [2.05, 4.69) is 75.1 Å². The largest absolute Gasteiger partial charge is 0.466 e. The Morgan fingerprint density at radius 2 is 1.39 bits per heavy atom. The fourth-order valence-electron chi connectivity index (χ4n) is 4.41. The van der Waals surface area contributed by atoms with Crippen LogP contribution in [0.3, 0.4) is 0 Å². The summed E-state index contributed by atoms with van der Waals surface area (Å²) in [6.07, 6.45) is 5.49. The molecule has 4 nitrogen and oxygen atoms in total. The molecule has 0 amide bonds. The van der Waals surface area contributed by atoms with Crippen LogP contribution in [-0.4, -0.2) is 32.2 Å². The van der Waals surface area contributed by atoms with Gasteiger partial charge in [0.25, 0.3) is 0 Å². The number of carbonyl (C=O) groups is 2. The number of benzene rings is 2. The molecule has 210 valence electrons. The molecule has 0 aromatic heterocycles. The number of hydrogen-bond acceptors (Lipinski definition) is 4. The third kappa shape index (κ3) is 12.9. The molecule has 0 N–H and O–H groups in total. The number of unbranched alkanes of at least 4 members (excludes halogenated alkanes) is 1. The van der Waals surface area contributed by atoms with Gasteiger partial charge in [0.2, 0.25) is 0 Å². The maximum Gasteiger partial charge on any atom is 0.309 e. The van der Waals surface area contributed by atoms with Crippen molar-refractivity contribution in [2.75, 3.05) is 6.61 Å². The molecule has 38 heavy (non-hydrogen) atoms. The van der Waals surface area contributed by atoms with Gasteiger partial charge in [0, 0.05) is 8.07 Å². The number of aryl methyl sites for hydroxylation is 1. The zero-order chi connectivity index (χ0) is 28.2. The summed E-state index contributed by atoms with van der Waals surface area (Å²) in [6, 6.07) is 20.1. The molecule has 2 rings (SSSR count). The standard InChI is InChI=1S/C33H50O4Si/c1-8-9-15-29(32(35)37-33(2,3)4)25-30(31(34)36-22-23-38(5,6)7)21-20-26-16-18-28(19-17-26)24-27-13-11-10-12-14-27/h10-14,16-19,29-30H,8-9,15,20-25H2,1-7H3/t29-,30+/m0/s1. The van der Waals surface area contributed by atoms with Crippen molar-refractivity contribution in [1.29, 1.82) is 0 Å². The van der Waals surface area contributed by atoms with Crippen LogP contribution in [0.2, 0.25) is 25.7 Å². The minimum absolute atomic E-state index is 0.172. The first-order valence-electron chi connectivity index (χ1n) is 14.4. The van der Waals surface area contributed by atoms with Crippen LogP contribution in [0.15, 0.2) is 54.6 Å². The van der Waals surface area contributed by atoms with Gasteiger partial charge in [-0.2, -0.15) is 0 Å². The SMILES string of the molecule is CCCC[C@@H](C[C@@H](CCc1ccc(Cc2ccccc2)cc1)C(=O)OCC[Si](C)(C)C)C(=O)OC(C)(C)C. The molecule has 5 heteroatoms. The Kier molecular flexibility index (Phi) is 12.8. The van der Waals surface area contributed by atoms with Gasteiger partial charge in [0.05, 0.1) is 18.4 Å². The monoisotopic (exact) mass is 538 g/mol. The second kappa shape index (κ2) is 15.3. The smallest absolute Gasteiger partial charge is 0.309 e. The predicted octanol–water partition coefficient (Wildman–Crippen LogP) is 8.25. The Morgan fingerprint density at radius 1 is 0.816 bits per heavy atom. The van der Waals surface area contributed by atoms with Gasteiger partial charge in [-0.25, -0.2) is 0 Å². The number of ether oxygens (including phenoxy) is 2. The van der Waals surface area contributed by atoms with E-state index in [4.69, 9.17) is 9.47 Å². The molecule has 0 fully saturated rings. The van der Waals surface area contributed by atoms with E-state index in [-0.39, 0.29) is 23.8 Å². The maximum absolute atomic E-state index is 13.3. The van der Waals surface area contributed by atoms with Gasteiger partial charge < -0.3 is 9.47 Å². The second-order valence-corrected chi connectivity index (χ2v) is 18.4. The van der Waals surface area contributed by atoms with Gasteiger partial charge >= 0.3 is 11.9 Å². The third-order valence-corrected chi connectivity index (χ3v) is 8.40. The Hall–Kier alpha value is -2.40. The zero-order valence-electron chi connectivity index (χ0n) is 24.8. The average molecular weight is 539 g/mol. The van der Waals surface area contributed by atoms with Gasteiger partial charge in [-0.15, -0.1) is 0 Å². The molecule has 0 aliphatic carbocycles. The van der Waals surface area contributed by atoms with Crippen LogP contribution in [0.25, 0.3) is 0 Å².